The summed E-state index contributed by atoms with van der Waals surface area (Å²) in [6, 6.07) is 9.83. The van der Waals surface area contributed by atoms with Crippen LogP contribution in [0.5, 0.6) is 5.75 Å². The zero-order valence-electron chi connectivity index (χ0n) is 16.9. The second-order valence-electron chi connectivity index (χ2n) is 6.76. The zero-order chi connectivity index (χ0) is 19.8. The molecule has 2 heterocycles. The predicted octanol–water partition coefficient (Wildman–Crippen LogP) is 3.84. The number of anilines is 1. The molecular weight excluding hydrogens is 499 g/mol. The third-order valence-corrected chi connectivity index (χ3v) is 5.34. The Kier molecular flexibility index (Phi) is 9.72. The van der Waals surface area contributed by atoms with Crippen molar-refractivity contribution in [2.75, 3.05) is 37.7 Å². The molecule has 1 aromatic heterocycles. The highest BCUT2D eigenvalue weighted by Crippen LogP contribution is 2.31. The molecular formula is C21H29IN4O2S. The van der Waals surface area contributed by atoms with E-state index in [1.807, 2.05) is 29.2 Å². The van der Waals surface area contributed by atoms with E-state index in [-0.39, 0.29) is 36.5 Å². The van der Waals surface area contributed by atoms with Gasteiger partial charge >= 0.3 is 0 Å². The van der Waals surface area contributed by atoms with Gasteiger partial charge in [0.2, 0.25) is 0 Å². The molecule has 1 aromatic carbocycles. The van der Waals surface area contributed by atoms with Crippen molar-refractivity contribution in [2.45, 2.75) is 26.2 Å². The molecule has 8 heteroatoms. The molecule has 158 valence electrons. The number of nitrogens with one attached hydrogen (secondary N) is 2. The van der Waals surface area contributed by atoms with Crippen LogP contribution in [0.4, 0.5) is 5.69 Å². The van der Waals surface area contributed by atoms with E-state index < -0.39 is 0 Å². The molecule has 2 N–H and O–H groups in total. The highest BCUT2D eigenvalue weighted by molar-refractivity contribution is 14.0. The first kappa shape index (κ1) is 23.5. The number of rotatable bonds is 8. The number of amides is 1. The fourth-order valence-corrected chi connectivity index (χ4v) is 3.86. The minimum absolute atomic E-state index is 0. The third-order valence-electron chi connectivity index (χ3n) is 4.64. The Labute approximate surface area is 193 Å². The van der Waals surface area contributed by atoms with E-state index >= 15 is 0 Å². The summed E-state index contributed by atoms with van der Waals surface area (Å²) in [7, 11) is 0. The second kappa shape index (κ2) is 12.0. The van der Waals surface area contributed by atoms with Crippen LogP contribution in [0.25, 0.3) is 0 Å². The van der Waals surface area contributed by atoms with Crippen molar-refractivity contribution < 1.29 is 9.53 Å². The molecule has 1 aliphatic rings. The Balaban J connectivity index is 0.00000300. The molecule has 1 amide bonds. The summed E-state index contributed by atoms with van der Waals surface area (Å²) in [6.45, 7) is 7.30. The quantitative estimate of drug-likeness (QED) is 0.237. The maximum Gasteiger partial charge on any atom is 0.265 e. The van der Waals surface area contributed by atoms with Gasteiger partial charge in [-0.25, -0.2) is 0 Å². The molecule has 0 fully saturated rings. The molecule has 6 nitrogen and oxygen atoms in total. The zero-order valence-corrected chi connectivity index (χ0v) is 20.0. The van der Waals surface area contributed by atoms with Crippen LogP contribution in [0.3, 0.4) is 0 Å². The van der Waals surface area contributed by atoms with E-state index in [1.54, 1.807) is 11.3 Å². The van der Waals surface area contributed by atoms with Crippen LogP contribution < -0.4 is 20.3 Å². The van der Waals surface area contributed by atoms with Crippen LogP contribution in [0, 0.1) is 0 Å². The van der Waals surface area contributed by atoms with Gasteiger partial charge in [0.05, 0.1) is 5.69 Å². The van der Waals surface area contributed by atoms with Gasteiger partial charge in [-0.15, -0.1) is 24.0 Å². The second-order valence-corrected chi connectivity index (χ2v) is 7.54. The minimum atomic E-state index is 0. The van der Waals surface area contributed by atoms with Crippen molar-refractivity contribution in [1.82, 2.24) is 10.6 Å². The highest BCUT2D eigenvalue weighted by Gasteiger charge is 2.24. The van der Waals surface area contributed by atoms with Gasteiger partial charge in [-0.2, -0.15) is 11.3 Å². The Hall–Kier alpha value is -1.81. The fourth-order valence-electron chi connectivity index (χ4n) is 3.07. The van der Waals surface area contributed by atoms with E-state index in [9.17, 15) is 4.79 Å². The van der Waals surface area contributed by atoms with Crippen molar-refractivity contribution in [2.24, 2.45) is 4.99 Å². The minimum Gasteiger partial charge on any atom is -0.482 e. The van der Waals surface area contributed by atoms with Gasteiger partial charge in [0.15, 0.2) is 12.6 Å². The summed E-state index contributed by atoms with van der Waals surface area (Å²) >= 11 is 1.72. The summed E-state index contributed by atoms with van der Waals surface area (Å²) in [5, 5.41) is 10.9. The van der Waals surface area contributed by atoms with Crippen molar-refractivity contribution >= 4 is 52.9 Å². The van der Waals surface area contributed by atoms with Crippen LogP contribution in [-0.4, -0.2) is 44.7 Å². The van der Waals surface area contributed by atoms with Gasteiger partial charge in [-0.05, 0) is 47.9 Å². The first-order chi connectivity index (χ1) is 13.7. The van der Waals surface area contributed by atoms with Crippen LogP contribution in [0.2, 0.25) is 0 Å². The number of guanidine groups is 1. The SMILES string of the molecule is CCNC(=NCC(C)c1ccsc1)NCCCN1C(=O)COc2ccccc21.I. The molecule has 0 saturated heterocycles. The third kappa shape index (κ3) is 6.60. The number of hydrogen-bond acceptors (Lipinski definition) is 4. The summed E-state index contributed by atoms with van der Waals surface area (Å²) in [5.41, 5.74) is 2.18. The summed E-state index contributed by atoms with van der Waals surface area (Å²) < 4.78 is 5.49. The predicted molar refractivity (Wildman–Crippen MR) is 131 cm³/mol. The van der Waals surface area contributed by atoms with E-state index in [0.29, 0.717) is 12.5 Å². The molecule has 0 spiro atoms. The van der Waals surface area contributed by atoms with Crippen LogP contribution in [-0.2, 0) is 4.79 Å². The number of halogens is 1. The summed E-state index contributed by atoms with van der Waals surface area (Å²) in [6.07, 6.45) is 0.824. The molecule has 0 saturated carbocycles. The molecule has 0 aliphatic carbocycles. The van der Waals surface area contributed by atoms with Crippen molar-refractivity contribution in [3.63, 3.8) is 0 Å². The smallest absolute Gasteiger partial charge is 0.265 e. The Morgan fingerprint density at radius 2 is 2.14 bits per heavy atom. The number of carbonyl (C=O) groups is 1. The molecule has 0 radical (unpaired) electrons. The van der Waals surface area contributed by atoms with E-state index in [2.05, 4.69) is 41.3 Å². The Bertz CT molecular complexity index is 798. The molecule has 1 aliphatic heterocycles. The molecule has 29 heavy (non-hydrogen) atoms. The molecule has 0 bridgehead atoms. The van der Waals surface area contributed by atoms with Gasteiger partial charge in [0.25, 0.3) is 5.91 Å². The van der Waals surface area contributed by atoms with E-state index in [0.717, 1.165) is 43.5 Å². The average molecular weight is 528 g/mol. The van der Waals surface area contributed by atoms with Gasteiger partial charge in [0, 0.05) is 32.1 Å². The summed E-state index contributed by atoms with van der Waals surface area (Å²) in [4.78, 5) is 18.7. The first-order valence-electron chi connectivity index (χ1n) is 9.75. The standard InChI is InChI=1S/C21H28N4O2S.HI/c1-3-22-21(24-13-16(2)17-9-12-28-15-17)23-10-6-11-25-18-7-4-5-8-19(18)27-14-20(25)26;/h4-5,7-9,12,15-16H,3,6,10-11,13-14H2,1-2H3,(H2,22,23,24);1H. The number of nitrogens with zero attached hydrogens (tertiary/aromatic N) is 2. The number of para-hydroxylation sites is 2. The summed E-state index contributed by atoms with van der Waals surface area (Å²) in [5.74, 6) is 1.98. The monoisotopic (exact) mass is 528 g/mol. The topological polar surface area (TPSA) is 66.0 Å². The van der Waals surface area contributed by atoms with Crippen LogP contribution in [0.15, 0.2) is 46.1 Å². The number of aliphatic imine (C=N–C) groups is 1. The van der Waals surface area contributed by atoms with Gasteiger partial charge in [0.1, 0.15) is 5.75 Å². The number of ether oxygens (including phenoxy) is 1. The largest absolute Gasteiger partial charge is 0.482 e. The normalized spacial score (nSPS) is 14.5. The van der Waals surface area contributed by atoms with E-state index in [1.165, 1.54) is 5.56 Å². The number of benzene rings is 1. The Morgan fingerprint density at radius 1 is 1.31 bits per heavy atom. The number of thiophene rings is 1. The van der Waals surface area contributed by atoms with Gasteiger partial charge in [-0.1, -0.05) is 19.1 Å². The number of hydrogen-bond donors (Lipinski definition) is 2. The lowest BCUT2D eigenvalue weighted by atomic mass is 10.1. The lowest BCUT2D eigenvalue weighted by Crippen LogP contribution is -2.42. The molecule has 1 atom stereocenters. The molecule has 1 unspecified atom stereocenters. The maximum atomic E-state index is 12.2. The van der Waals surface area contributed by atoms with Gasteiger partial charge < -0.3 is 20.3 Å². The number of carbonyl (C=O) groups excluding carboxylic acids is 1. The van der Waals surface area contributed by atoms with E-state index in [4.69, 9.17) is 9.73 Å². The highest BCUT2D eigenvalue weighted by atomic mass is 127. The lowest BCUT2D eigenvalue weighted by molar-refractivity contribution is -0.121. The fraction of sp³-hybridized carbons (Fsp3) is 0.429. The lowest BCUT2D eigenvalue weighted by Gasteiger charge is -2.29. The van der Waals surface area contributed by atoms with Crippen LogP contribution >= 0.6 is 35.3 Å². The van der Waals surface area contributed by atoms with Crippen LogP contribution in [0.1, 0.15) is 31.7 Å². The van der Waals surface area contributed by atoms with Crippen molar-refractivity contribution in [3.8, 4) is 5.75 Å². The van der Waals surface area contributed by atoms with Crippen molar-refractivity contribution in [1.29, 1.82) is 0 Å². The Morgan fingerprint density at radius 3 is 2.90 bits per heavy atom. The van der Waals surface area contributed by atoms with Gasteiger partial charge in [-0.3, -0.25) is 9.79 Å². The van der Waals surface area contributed by atoms with Crippen molar-refractivity contribution in [3.05, 3.63) is 46.7 Å². The molecule has 3 rings (SSSR count). The molecule has 2 aromatic rings. The number of fused-ring (bicyclic) bond motifs is 1. The maximum absolute atomic E-state index is 12.2. The first-order valence-corrected chi connectivity index (χ1v) is 10.7. The average Bonchev–Trinajstić information content (AvgIpc) is 3.25.